The standard InChI is InChI=1S/C18H22N2O/c1-2-5-15(6-3-1)11-17-13-20-10-8-18(17)21-14-16-7-4-9-19-12-16/h1-7,9,12,17-18,20H,8,10-11,13-14H2/t17-,18-/m0/s1. The molecule has 21 heavy (non-hydrogen) atoms. The summed E-state index contributed by atoms with van der Waals surface area (Å²) in [4.78, 5) is 4.14. The Bertz CT molecular complexity index is 529. The first-order valence-corrected chi connectivity index (χ1v) is 7.67. The largest absolute Gasteiger partial charge is 0.373 e. The Morgan fingerprint density at radius 1 is 1.10 bits per heavy atom. The van der Waals surface area contributed by atoms with Crippen molar-refractivity contribution < 1.29 is 4.74 Å². The van der Waals surface area contributed by atoms with Gasteiger partial charge in [0.15, 0.2) is 0 Å². The van der Waals surface area contributed by atoms with E-state index in [1.807, 2.05) is 12.3 Å². The fourth-order valence-corrected chi connectivity index (χ4v) is 2.93. The number of benzene rings is 1. The molecule has 2 atom stereocenters. The fraction of sp³-hybridized carbons (Fsp3) is 0.389. The number of pyridine rings is 1. The van der Waals surface area contributed by atoms with Crippen LogP contribution >= 0.6 is 0 Å². The van der Waals surface area contributed by atoms with Crippen molar-refractivity contribution in [1.29, 1.82) is 0 Å². The minimum absolute atomic E-state index is 0.326. The Kier molecular flexibility index (Phi) is 4.98. The summed E-state index contributed by atoms with van der Waals surface area (Å²) in [5, 5.41) is 3.49. The second kappa shape index (κ2) is 7.34. The molecule has 3 rings (SSSR count). The zero-order valence-electron chi connectivity index (χ0n) is 12.2. The van der Waals surface area contributed by atoms with E-state index in [0.717, 1.165) is 31.5 Å². The summed E-state index contributed by atoms with van der Waals surface area (Å²) in [6.45, 7) is 2.74. The molecule has 0 bridgehead atoms. The van der Waals surface area contributed by atoms with Crippen LogP contribution in [0.2, 0.25) is 0 Å². The summed E-state index contributed by atoms with van der Waals surface area (Å²) in [5.74, 6) is 0.540. The molecule has 1 aliphatic heterocycles. The van der Waals surface area contributed by atoms with Crippen molar-refractivity contribution in [1.82, 2.24) is 10.3 Å². The van der Waals surface area contributed by atoms with Crippen molar-refractivity contribution in [2.75, 3.05) is 13.1 Å². The van der Waals surface area contributed by atoms with Gasteiger partial charge in [-0.1, -0.05) is 36.4 Å². The molecule has 0 unspecified atom stereocenters. The minimum atomic E-state index is 0.326. The minimum Gasteiger partial charge on any atom is -0.373 e. The molecule has 3 heteroatoms. The summed E-state index contributed by atoms with van der Waals surface area (Å²) in [5.41, 5.74) is 2.54. The van der Waals surface area contributed by atoms with Gasteiger partial charge in [0, 0.05) is 24.9 Å². The van der Waals surface area contributed by atoms with Crippen LogP contribution in [0, 0.1) is 5.92 Å². The highest BCUT2D eigenvalue weighted by Gasteiger charge is 2.25. The van der Waals surface area contributed by atoms with Crippen LogP contribution in [-0.4, -0.2) is 24.2 Å². The molecule has 2 heterocycles. The molecule has 1 aromatic heterocycles. The van der Waals surface area contributed by atoms with Gasteiger partial charge in [0.05, 0.1) is 12.7 Å². The lowest BCUT2D eigenvalue weighted by atomic mass is 9.89. The van der Waals surface area contributed by atoms with Gasteiger partial charge in [-0.15, -0.1) is 0 Å². The molecule has 1 aliphatic rings. The van der Waals surface area contributed by atoms with Gasteiger partial charge in [0.1, 0.15) is 0 Å². The predicted molar refractivity (Wildman–Crippen MR) is 83.9 cm³/mol. The summed E-state index contributed by atoms with van der Waals surface area (Å²) in [7, 11) is 0. The van der Waals surface area contributed by atoms with Gasteiger partial charge in [-0.3, -0.25) is 4.98 Å². The van der Waals surface area contributed by atoms with E-state index in [0.29, 0.717) is 18.6 Å². The molecule has 1 fully saturated rings. The highest BCUT2D eigenvalue weighted by atomic mass is 16.5. The van der Waals surface area contributed by atoms with Crippen molar-refractivity contribution in [3.8, 4) is 0 Å². The Hall–Kier alpha value is -1.71. The molecule has 1 aromatic carbocycles. The first kappa shape index (κ1) is 14.2. The van der Waals surface area contributed by atoms with Crippen LogP contribution in [0.15, 0.2) is 54.9 Å². The van der Waals surface area contributed by atoms with Crippen LogP contribution in [0.1, 0.15) is 17.5 Å². The third-order valence-corrected chi connectivity index (χ3v) is 4.07. The quantitative estimate of drug-likeness (QED) is 0.915. The maximum Gasteiger partial charge on any atom is 0.0735 e. The SMILES string of the molecule is c1ccc(C[C@H]2CNCC[C@@H]2OCc2cccnc2)cc1. The van der Waals surface area contributed by atoms with Gasteiger partial charge in [-0.05, 0) is 36.6 Å². The lowest BCUT2D eigenvalue weighted by Crippen LogP contribution is -2.42. The third-order valence-electron chi connectivity index (χ3n) is 4.07. The van der Waals surface area contributed by atoms with Crippen LogP contribution in [0.3, 0.4) is 0 Å². The van der Waals surface area contributed by atoms with Crippen LogP contribution in [-0.2, 0) is 17.8 Å². The van der Waals surface area contributed by atoms with Gasteiger partial charge >= 0.3 is 0 Å². The number of hydrogen-bond acceptors (Lipinski definition) is 3. The van der Waals surface area contributed by atoms with Crippen LogP contribution in [0.4, 0.5) is 0 Å². The highest BCUT2D eigenvalue weighted by molar-refractivity contribution is 5.16. The Morgan fingerprint density at radius 2 is 1.95 bits per heavy atom. The third kappa shape index (κ3) is 4.13. The maximum atomic E-state index is 6.17. The molecule has 0 radical (unpaired) electrons. The zero-order valence-corrected chi connectivity index (χ0v) is 12.2. The number of hydrogen-bond donors (Lipinski definition) is 1. The number of ether oxygens (including phenoxy) is 1. The van der Waals surface area contributed by atoms with Crippen molar-refractivity contribution in [2.24, 2.45) is 5.92 Å². The van der Waals surface area contributed by atoms with Crippen LogP contribution in [0.5, 0.6) is 0 Å². The van der Waals surface area contributed by atoms with E-state index < -0.39 is 0 Å². The highest BCUT2D eigenvalue weighted by Crippen LogP contribution is 2.21. The molecule has 3 nitrogen and oxygen atoms in total. The molecule has 2 aromatic rings. The monoisotopic (exact) mass is 282 g/mol. The first-order chi connectivity index (χ1) is 10.4. The van der Waals surface area contributed by atoms with Crippen molar-refractivity contribution in [3.63, 3.8) is 0 Å². The molecule has 0 amide bonds. The number of rotatable bonds is 5. The summed E-state index contributed by atoms with van der Waals surface area (Å²) in [6.07, 6.45) is 6.16. The van der Waals surface area contributed by atoms with Gasteiger partial charge in [0.2, 0.25) is 0 Å². The zero-order chi connectivity index (χ0) is 14.3. The average Bonchev–Trinajstić information content (AvgIpc) is 2.56. The lowest BCUT2D eigenvalue weighted by Gasteiger charge is -2.32. The van der Waals surface area contributed by atoms with Gasteiger partial charge in [0.25, 0.3) is 0 Å². The number of nitrogens with zero attached hydrogens (tertiary/aromatic N) is 1. The van der Waals surface area contributed by atoms with Crippen molar-refractivity contribution in [3.05, 3.63) is 66.0 Å². The van der Waals surface area contributed by atoms with Gasteiger partial charge < -0.3 is 10.1 Å². The molecule has 0 spiro atoms. The van der Waals surface area contributed by atoms with E-state index in [9.17, 15) is 0 Å². The molecular formula is C18H22N2O. The summed E-state index contributed by atoms with van der Waals surface area (Å²) < 4.78 is 6.17. The van der Waals surface area contributed by atoms with Crippen molar-refractivity contribution in [2.45, 2.75) is 25.6 Å². The van der Waals surface area contributed by atoms with Crippen LogP contribution in [0.25, 0.3) is 0 Å². The van der Waals surface area contributed by atoms with E-state index in [2.05, 4.69) is 46.7 Å². The first-order valence-electron chi connectivity index (χ1n) is 7.67. The van der Waals surface area contributed by atoms with E-state index >= 15 is 0 Å². The molecule has 1 saturated heterocycles. The molecule has 110 valence electrons. The van der Waals surface area contributed by atoms with E-state index in [-0.39, 0.29) is 0 Å². The normalized spacial score (nSPS) is 22.1. The summed E-state index contributed by atoms with van der Waals surface area (Å²) in [6, 6.07) is 14.7. The Labute approximate surface area is 126 Å². The number of nitrogens with one attached hydrogen (secondary N) is 1. The van der Waals surface area contributed by atoms with E-state index in [4.69, 9.17) is 4.74 Å². The second-order valence-electron chi connectivity index (χ2n) is 5.65. The topological polar surface area (TPSA) is 34.1 Å². The van der Waals surface area contributed by atoms with E-state index in [1.54, 1.807) is 6.20 Å². The molecular weight excluding hydrogens is 260 g/mol. The Balaban J connectivity index is 1.59. The van der Waals surface area contributed by atoms with E-state index in [1.165, 1.54) is 5.56 Å². The fourth-order valence-electron chi connectivity index (χ4n) is 2.93. The smallest absolute Gasteiger partial charge is 0.0735 e. The lowest BCUT2D eigenvalue weighted by molar-refractivity contribution is -0.0152. The molecule has 0 saturated carbocycles. The average molecular weight is 282 g/mol. The number of piperidine rings is 1. The van der Waals surface area contributed by atoms with Gasteiger partial charge in [-0.25, -0.2) is 0 Å². The predicted octanol–water partition coefficient (Wildman–Crippen LogP) is 2.82. The maximum absolute atomic E-state index is 6.17. The Morgan fingerprint density at radius 3 is 2.76 bits per heavy atom. The van der Waals surface area contributed by atoms with Crippen molar-refractivity contribution >= 4 is 0 Å². The number of aromatic nitrogens is 1. The van der Waals surface area contributed by atoms with Crippen LogP contribution < -0.4 is 5.32 Å². The molecule has 0 aliphatic carbocycles. The van der Waals surface area contributed by atoms with Gasteiger partial charge in [-0.2, -0.15) is 0 Å². The second-order valence-corrected chi connectivity index (χ2v) is 5.65. The molecule has 1 N–H and O–H groups in total. The summed E-state index contributed by atoms with van der Waals surface area (Å²) >= 11 is 0.